The Kier molecular flexibility index (Phi) is 23.8. The molecule has 428 valence electrons. The predicted octanol–water partition coefficient (Wildman–Crippen LogP) is 27.1. The van der Waals surface area contributed by atoms with E-state index >= 15 is 0 Å². The number of rotatable bonds is 36. The first kappa shape index (κ1) is 60.8. The number of hydrogen-bond acceptors (Lipinski definition) is 11. The first-order valence-corrected chi connectivity index (χ1v) is 38.5. The number of thiophene rings is 8. The van der Waals surface area contributed by atoms with E-state index < -0.39 is 0 Å². The summed E-state index contributed by atoms with van der Waals surface area (Å²) in [4.78, 5) is 19.6. The lowest BCUT2D eigenvalue weighted by molar-refractivity contribution is 0.608. The van der Waals surface area contributed by atoms with Crippen molar-refractivity contribution >= 4 is 113 Å². The minimum Gasteiger partial charge on any atom is -0.172 e. The summed E-state index contributed by atoms with van der Waals surface area (Å²) in [5, 5.41) is 4.61. The van der Waals surface area contributed by atoms with Crippen LogP contribution in [0.5, 0.6) is 0 Å². The zero-order valence-electron chi connectivity index (χ0n) is 48.6. The van der Waals surface area contributed by atoms with Crippen LogP contribution in [-0.4, -0.2) is 8.75 Å². The van der Waals surface area contributed by atoms with Gasteiger partial charge in [-0.2, -0.15) is 8.75 Å². The van der Waals surface area contributed by atoms with Crippen molar-refractivity contribution in [1.82, 2.24) is 8.75 Å². The van der Waals surface area contributed by atoms with E-state index in [9.17, 15) is 0 Å². The highest BCUT2D eigenvalue weighted by molar-refractivity contribution is 7.30. The van der Waals surface area contributed by atoms with Crippen LogP contribution in [0.25, 0.3) is 90.4 Å². The van der Waals surface area contributed by atoms with Crippen molar-refractivity contribution in [2.75, 3.05) is 0 Å². The summed E-state index contributed by atoms with van der Waals surface area (Å²) in [7, 11) is 0. The van der Waals surface area contributed by atoms with Gasteiger partial charge in [0.25, 0.3) is 0 Å². The molecule has 0 N–H and O–H groups in total. The van der Waals surface area contributed by atoms with Gasteiger partial charge in [-0.3, -0.25) is 0 Å². The molecule has 81 heavy (non-hydrogen) atoms. The number of aromatic nitrogens is 2. The topological polar surface area (TPSA) is 25.8 Å². The molecule has 1 aromatic carbocycles. The van der Waals surface area contributed by atoms with Gasteiger partial charge in [0.1, 0.15) is 11.0 Å². The average molecular weight is 1240 g/mol. The van der Waals surface area contributed by atoms with Crippen molar-refractivity contribution in [3.05, 3.63) is 118 Å². The van der Waals surface area contributed by atoms with Gasteiger partial charge in [-0.25, -0.2) is 0 Å². The highest BCUT2D eigenvalue weighted by Gasteiger charge is 2.23. The van der Waals surface area contributed by atoms with Crippen LogP contribution in [0, 0.1) is 0 Å². The van der Waals surface area contributed by atoms with Gasteiger partial charge < -0.3 is 0 Å². The molecule has 0 spiro atoms. The lowest BCUT2D eigenvalue weighted by Gasteiger charge is -2.04. The van der Waals surface area contributed by atoms with Crippen LogP contribution in [0.4, 0.5) is 0 Å². The van der Waals surface area contributed by atoms with Crippen molar-refractivity contribution in [1.29, 1.82) is 0 Å². The van der Waals surface area contributed by atoms with Crippen molar-refractivity contribution in [3.63, 3.8) is 0 Å². The first-order valence-electron chi connectivity index (χ1n) is 31.1. The van der Waals surface area contributed by atoms with Gasteiger partial charge in [0.05, 0.1) is 11.7 Å². The molecule has 0 atom stereocenters. The van der Waals surface area contributed by atoms with Gasteiger partial charge in [0.15, 0.2) is 0 Å². The van der Waals surface area contributed by atoms with Crippen LogP contribution in [0.3, 0.4) is 0 Å². The van der Waals surface area contributed by atoms with Crippen molar-refractivity contribution in [2.45, 2.75) is 207 Å². The van der Waals surface area contributed by atoms with Gasteiger partial charge in [-0.15, -0.1) is 90.7 Å². The summed E-state index contributed by atoms with van der Waals surface area (Å²) >= 11 is 17.0. The predicted molar refractivity (Wildman–Crippen MR) is 372 cm³/mol. The molecule has 10 aromatic rings. The minimum absolute atomic E-state index is 1.04. The maximum absolute atomic E-state index is 5.12. The first-order chi connectivity index (χ1) is 40.0. The Morgan fingerprint density at radius 2 is 0.568 bits per heavy atom. The molecule has 9 aromatic heterocycles. The van der Waals surface area contributed by atoms with E-state index in [4.69, 9.17) is 8.75 Å². The normalized spacial score (nSPS) is 11.9. The number of benzene rings is 1. The highest BCUT2D eigenvalue weighted by Crippen LogP contribution is 2.50. The molecule has 10 rings (SSSR count). The zero-order valence-corrected chi connectivity index (χ0v) is 56.0. The summed E-state index contributed by atoms with van der Waals surface area (Å²) < 4.78 is 10.2. The zero-order chi connectivity index (χ0) is 55.6. The Bertz CT molecular complexity index is 3220. The van der Waals surface area contributed by atoms with E-state index in [-0.39, 0.29) is 0 Å². The van der Waals surface area contributed by atoms with Gasteiger partial charge in [-0.05, 0) is 157 Å². The van der Waals surface area contributed by atoms with Crippen molar-refractivity contribution < 1.29 is 0 Å². The van der Waals surface area contributed by atoms with Crippen LogP contribution in [0.2, 0.25) is 0 Å². The fraction of sp³-hybridized carbons (Fsp3) is 0.457. The quantitative estimate of drug-likeness (QED) is 0.0366. The molecule has 0 saturated carbocycles. The lowest BCUT2D eigenvalue weighted by atomic mass is 10.0. The molecular formula is C70H84N2S9. The van der Waals surface area contributed by atoms with E-state index in [0.29, 0.717) is 0 Å². The molecule has 0 unspecified atom stereocenters. The number of nitrogens with zero attached hydrogens (tertiary/aromatic N) is 2. The second-order valence-corrected chi connectivity index (χ2v) is 31.1. The van der Waals surface area contributed by atoms with Crippen molar-refractivity contribution in [2.24, 2.45) is 0 Å². The second-order valence-electron chi connectivity index (χ2n) is 22.3. The smallest absolute Gasteiger partial charge is 0.114 e. The second kappa shape index (κ2) is 31.7. The van der Waals surface area contributed by atoms with E-state index in [0.717, 1.165) is 23.9 Å². The fourth-order valence-electron chi connectivity index (χ4n) is 11.4. The third-order valence-electron chi connectivity index (χ3n) is 16.1. The van der Waals surface area contributed by atoms with Crippen LogP contribution in [0.1, 0.15) is 204 Å². The summed E-state index contributed by atoms with van der Waals surface area (Å²) in [5.41, 5.74) is 10.6. The minimum atomic E-state index is 1.04. The number of aryl methyl sites for hydroxylation is 4. The Morgan fingerprint density at radius 3 is 0.914 bits per heavy atom. The van der Waals surface area contributed by atoms with E-state index in [1.807, 2.05) is 90.7 Å². The van der Waals surface area contributed by atoms with E-state index in [1.54, 1.807) is 0 Å². The summed E-state index contributed by atoms with van der Waals surface area (Å²) in [6, 6.07) is 33.6. The third-order valence-corrected chi connectivity index (χ3v) is 26.4. The number of hydrogen-bond donors (Lipinski definition) is 0. The maximum Gasteiger partial charge on any atom is 0.114 e. The van der Waals surface area contributed by atoms with Crippen molar-refractivity contribution in [3.8, 4) is 79.4 Å². The third kappa shape index (κ3) is 15.9. The van der Waals surface area contributed by atoms with Gasteiger partial charge in [-0.1, -0.05) is 168 Å². The average Bonchev–Trinajstić information content (AvgIpc) is 4.51. The van der Waals surface area contributed by atoms with Gasteiger partial charge in [0.2, 0.25) is 0 Å². The Balaban J connectivity index is 0.900. The molecule has 2 nitrogen and oxygen atoms in total. The van der Waals surface area contributed by atoms with E-state index in [1.165, 1.54) is 280 Å². The van der Waals surface area contributed by atoms with Gasteiger partial charge >= 0.3 is 0 Å². The Morgan fingerprint density at radius 1 is 0.272 bits per heavy atom. The monoisotopic (exact) mass is 1240 g/mol. The molecular weight excluding hydrogens is 1160 g/mol. The molecule has 0 bridgehead atoms. The van der Waals surface area contributed by atoms with Crippen LogP contribution >= 0.6 is 102 Å². The molecule has 0 fully saturated rings. The SMILES string of the molecule is CCCCCCCCc1ccsc1-c1ccc(-c2ccc(-c3sc(-c4ccc(-c5cc(CCCCCCCC)c(-c6ccc(-c7ccc(-c8sccc8CCCCCCCC)s7)s6)s5)c5nsnc45)cc3CCCCCCCC)s2)s1. The molecule has 11 heteroatoms. The fourth-order valence-corrected chi connectivity index (χ4v) is 21.2. The molecule has 0 radical (unpaired) electrons. The lowest BCUT2D eigenvalue weighted by Crippen LogP contribution is -1.86. The summed E-state index contributed by atoms with van der Waals surface area (Å²) in [6.45, 7) is 9.23. The number of fused-ring (bicyclic) bond motifs is 1. The molecule has 0 aliphatic heterocycles. The van der Waals surface area contributed by atoms with Crippen LogP contribution in [0.15, 0.2) is 95.7 Å². The molecule has 9 heterocycles. The standard InChI is InChI=1S/C70H84N2S9/c1-5-9-13-17-21-25-29-49-43-45-73-67(49)59-39-35-55(75-59)57-37-41-61(77-57)69-51(31-27-23-19-15-11-7-3)47-63(79-69)53-33-34-54(66-65(53)71-81-72-66)64-48-52(32-28-24-20-16-12-8-4)70(80-64)62-42-38-58(78-62)56-36-40-60(76-56)68-50(44-46-74-68)30-26-22-18-14-10-6-2/h33-48H,5-32H2,1-4H3. The Hall–Kier alpha value is -3.36. The van der Waals surface area contributed by atoms with E-state index in [2.05, 4.69) is 123 Å². The summed E-state index contributed by atoms with van der Waals surface area (Å²) in [6.07, 6.45) is 36.3. The largest absolute Gasteiger partial charge is 0.172 e. The molecule has 0 aliphatic carbocycles. The summed E-state index contributed by atoms with van der Waals surface area (Å²) in [5.74, 6) is 0. The van der Waals surface area contributed by atoms with Crippen LogP contribution < -0.4 is 0 Å². The highest BCUT2D eigenvalue weighted by atomic mass is 32.1. The maximum atomic E-state index is 5.12. The molecule has 0 aliphatic rings. The Labute approximate surface area is 522 Å². The number of unbranched alkanes of at least 4 members (excludes halogenated alkanes) is 20. The molecule has 0 saturated heterocycles. The van der Waals surface area contributed by atoms with Gasteiger partial charge in [0, 0.05) is 79.4 Å². The van der Waals surface area contributed by atoms with Crippen LogP contribution in [-0.2, 0) is 25.7 Å². The molecule has 0 amide bonds.